The zero-order valence-corrected chi connectivity index (χ0v) is 12.9. The number of benzene rings is 1. The maximum atomic E-state index is 12.2. The molecule has 1 N–H and O–H groups in total. The Bertz CT molecular complexity index is 500. The Labute approximate surface area is 123 Å². The van der Waals surface area contributed by atoms with Gasteiger partial charge in [-0.2, -0.15) is 0 Å². The molecule has 0 heterocycles. The molecule has 0 radical (unpaired) electrons. The van der Waals surface area contributed by atoms with E-state index in [-0.39, 0.29) is 5.91 Å². The molecule has 102 valence electrons. The fourth-order valence-corrected chi connectivity index (χ4v) is 4.31. The van der Waals surface area contributed by atoms with Crippen molar-refractivity contribution in [2.24, 2.45) is 17.8 Å². The minimum atomic E-state index is 0.183. The average Bonchev–Trinajstić information content (AvgIpc) is 2.95. The minimum Gasteiger partial charge on any atom is -0.326 e. The first-order chi connectivity index (χ1) is 9.11. The van der Waals surface area contributed by atoms with Crippen molar-refractivity contribution >= 4 is 27.5 Å². The summed E-state index contributed by atoms with van der Waals surface area (Å²) in [6.45, 7) is 2.03. The van der Waals surface area contributed by atoms with Crippen LogP contribution in [0.3, 0.4) is 0 Å². The van der Waals surface area contributed by atoms with Gasteiger partial charge in [0.15, 0.2) is 0 Å². The van der Waals surface area contributed by atoms with Gasteiger partial charge in [0.1, 0.15) is 0 Å². The standard InChI is InChI=1S/C16H20BrNO/c1-10-6-14(17)4-5-15(10)18-16(19)9-13-8-11-2-3-12(13)7-11/h4-6,11-13H,2-3,7-9H2,1H3,(H,18,19)/t11-,12+,13-/m0/s1. The van der Waals surface area contributed by atoms with E-state index in [2.05, 4.69) is 21.2 Å². The first kappa shape index (κ1) is 13.2. The highest BCUT2D eigenvalue weighted by atomic mass is 79.9. The van der Waals surface area contributed by atoms with Crippen molar-refractivity contribution in [1.82, 2.24) is 0 Å². The zero-order chi connectivity index (χ0) is 13.4. The van der Waals surface area contributed by atoms with Gasteiger partial charge in [0.2, 0.25) is 5.91 Å². The molecule has 0 spiro atoms. The lowest BCUT2D eigenvalue weighted by molar-refractivity contribution is -0.117. The highest BCUT2D eigenvalue weighted by molar-refractivity contribution is 9.10. The largest absolute Gasteiger partial charge is 0.326 e. The van der Waals surface area contributed by atoms with Gasteiger partial charge < -0.3 is 5.32 Å². The van der Waals surface area contributed by atoms with Gasteiger partial charge in [0.25, 0.3) is 0 Å². The number of nitrogens with one attached hydrogen (secondary N) is 1. The minimum absolute atomic E-state index is 0.183. The van der Waals surface area contributed by atoms with Gasteiger partial charge in [-0.3, -0.25) is 4.79 Å². The lowest BCUT2D eigenvalue weighted by atomic mass is 9.86. The van der Waals surface area contributed by atoms with Gasteiger partial charge in [0, 0.05) is 16.6 Å². The molecular weight excluding hydrogens is 302 g/mol. The number of hydrogen-bond acceptors (Lipinski definition) is 1. The Balaban J connectivity index is 1.59. The summed E-state index contributed by atoms with van der Waals surface area (Å²) in [5.74, 6) is 2.55. The normalized spacial score (nSPS) is 28.6. The first-order valence-corrected chi connectivity index (χ1v) is 7.97. The fourth-order valence-electron chi connectivity index (χ4n) is 3.83. The highest BCUT2D eigenvalue weighted by Gasteiger charge is 2.40. The van der Waals surface area contributed by atoms with E-state index in [4.69, 9.17) is 0 Å². The van der Waals surface area contributed by atoms with Crippen LogP contribution in [-0.4, -0.2) is 5.91 Å². The average molecular weight is 322 g/mol. The summed E-state index contributed by atoms with van der Waals surface area (Å²) < 4.78 is 1.05. The summed E-state index contributed by atoms with van der Waals surface area (Å²) in [6.07, 6.45) is 6.10. The van der Waals surface area contributed by atoms with E-state index in [0.29, 0.717) is 12.3 Å². The van der Waals surface area contributed by atoms with Crippen LogP contribution in [0.15, 0.2) is 22.7 Å². The second-order valence-electron chi connectivity index (χ2n) is 6.15. The molecule has 3 heteroatoms. The number of amides is 1. The monoisotopic (exact) mass is 321 g/mol. The molecule has 1 aromatic rings. The van der Waals surface area contributed by atoms with Crippen LogP contribution in [0.4, 0.5) is 5.69 Å². The number of carbonyl (C=O) groups excluding carboxylic acids is 1. The third-order valence-corrected chi connectivity index (χ3v) is 5.29. The molecule has 1 aromatic carbocycles. The Morgan fingerprint density at radius 1 is 1.37 bits per heavy atom. The topological polar surface area (TPSA) is 29.1 Å². The molecule has 2 bridgehead atoms. The quantitative estimate of drug-likeness (QED) is 0.871. The maximum Gasteiger partial charge on any atom is 0.224 e. The molecule has 0 saturated heterocycles. The van der Waals surface area contributed by atoms with E-state index < -0.39 is 0 Å². The molecule has 2 aliphatic carbocycles. The molecule has 19 heavy (non-hydrogen) atoms. The number of fused-ring (bicyclic) bond motifs is 2. The SMILES string of the molecule is Cc1cc(Br)ccc1NC(=O)C[C@@H]1C[C@H]2CC[C@@H]1C2. The fraction of sp³-hybridized carbons (Fsp3) is 0.562. The molecule has 2 saturated carbocycles. The third kappa shape index (κ3) is 2.86. The lowest BCUT2D eigenvalue weighted by Crippen LogP contribution is -2.20. The van der Waals surface area contributed by atoms with Gasteiger partial charge >= 0.3 is 0 Å². The number of halogens is 1. The second kappa shape index (κ2) is 5.28. The van der Waals surface area contributed by atoms with Crippen molar-refractivity contribution in [3.05, 3.63) is 28.2 Å². The maximum absolute atomic E-state index is 12.2. The van der Waals surface area contributed by atoms with E-state index >= 15 is 0 Å². The molecular formula is C16H20BrNO. The predicted molar refractivity (Wildman–Crippen MR) is 81.1 cm³/mol. The highest BCUT2D eigenvalue weighted by Crippen LogP contribution is 2.49. The predicted octanol–water partition coefficient (Wildman–Crippen LogP) is 4.52. The first-order valence-electron chi connectivity index (χ1n) is 7.18. The molecule has 0 unspecified atom stereocenters. The van der Waals surface area contributed by atoms with Crippen LogP contribution in [0.2, 0.25) is 0 Å². The Hall–Kier alpha value is -0.830. The van der Waals surface area contributed by atoms with E-state index in [1.54, 1.807) is 0 Å². The van der Waals surface area contributed by atoms with Gasteiger partial charge in [0.05, 0.1) is 0 Å². The van der Waals surface area contributed by atoms with Crippen LogP contribution in [0, 0.1) is 24.7 Å². The summed E-state index contributed by atoms with van der Waals surface area (Å²) in [6, 6.07) is 5.98. The number of rotatable bonds is 3. The summed E-state index contributed by atoms with van der Waals surface area (Å²) in [5, 5.41) is 3.06. The van der Waals surface area contributed by atoms with Crippen molar-refractivity contribution in [3.63, 3.8) is 0 Å². The number of aryl methyl sites for hydroxylation is 1. The van der Waals surface area contributed by atoms with Crippen LogP contribution in [0.5, 0.6) is 0 Å². The number of hydrogen-bond donors (Lipinski definition) is 1. The third-order valence-electron chi connectivity index (χ3n) is 4.79. The molecule has 3 rings (SSSR count). The van der Waals surface area contributed by atoms with Crippen molar-refractivity contribution in [2.75, 3.05) is 5.32 Å². The van der Waals surface area contributed by atoms with E-state index in [0.717, 1.165) is 27.6 Å². The Morgan fingerprint density at radius 3 is 2.84 bits per heavy atom. The number of carbonyl (C=O) groups is 1. The van der Waals surface area contributed by atoms with Crippen molar-refractivity contribution < 1.29 is 4.79 Å². The number of anilines is 1. The zero-order valence-electron chi connectivity index (χ0n) is 11.3. The molecule has 2 fully saturated rings. The van der Waals surface area contributed by atoms with Crippen LogP contribution in [0.25, 0.3) is 0 Å². The van der Waals surface area contributed by atoms with E-state index in [9.17, 15) is 4.79 Å². The second-order valence-corrected chi connectivity index (χ2v) is 7.06. The smallest absolute Gasteiger partial charge is 0.224 e. The summed E-state index contributed by atoms with van der Waals surface area (Å²) in [5.41, 5.74) is 2.05. The molecule has 2 aliphatic rings. The van der Waals surface area contributed by atoms with Gasteiger partial charge in [-0.1, -0.05) is 22.4 Å². The van der Waals surface area contributed by atoms with Gasteiger partial charge in [-0.15, -0.1) is 0 Å². The Morgan fingerprint density at radius 2 is 2.21 bits per heavy atom. The molecule has 1 amide bonds. The van der Waals surface area contributed by atoms with Crippen molar-refractivity contribution in [3.8, 4) is 0 Å². The van der Waals surface area contributed by atoms with Crippen LogP contribution < -0.4 is 5.32 Å². The molecule has 3 atom stereocenters. The molecule has 0 aromatic heterocycles. The molecule has 2 nitrogen and oxygen atoms in total. The summed E-state index contributed by atoms with van der Waals surface area (Å²) in [4.78, 5) is 12.2. The lowest BCUT2D eigenvalue weighted by Gasteiger charge is -2.21. The Kier molecular flexibility index (Phi) is 3.66. The van der Waals surface area contributed by atoms with E-state index in [1.165, 1.54) is 25.7 Å². The summed E-state index contributed by atoms with van der Waals surface area (Å²) >= 11 is 3.44. The van der Waals surface area contributed by atoms with Gasteiger partial charge in [-0.25, -0.2) is 0 Å². The van der Waals surface area contributed by atoms with Gasteiger partial charge in [-0.05, 0) is 67.7 Å². The summed E-state index contributed by atoms with van der Waals surface area (Å²) in [7, 11) is 0. The van der Waals surface area contributed by atoms with Crippen LogP contribution >= 0.6 is 15.9 Å². The van der Waals surface area contributed by atoms with Crippen LogP contribution in [0.1, 0.15) is 37.7 Å². The van der Waals surface area contributed by atoms with Crippen molar-refractivity contribution in [2.45, 2.75) is 39.0 Å². The van der Waals surface area contributed by atoms with Crippen molar-refractivity contribution in [1.29, 1.82) is 0 Å². The van der Waals surface area contributed by atoms with E-state index in [1.807, 2.05) is 25.1 Å². The van der Waals surface area contributed by atoms with Crippen LogP contribution in [-0.2, 0) is 4.79 Å². The molecule has 0 aliphatic heterocycles.